The van der Waals surface area contributed by atoms with Crippen molar-refractivity contribution in [1.82, 2.24) is 0 Å². The van der Waals surface area contributed by atoms with Crippen molar-refractivity contribution in [3.05, 3.63) is 68.8 Å². The van der Waals surface area contributed by atoms with Gasteiger partial charge in [-0.3, -0.25) is 20.2 Å². The van der Waals surface area contributed by atoms with Crippen molar-refractivity contribution in [3.8, 4) is 0 Å². The fraction of sp³-hybridized carbons (Fsp3) is 0.400. The summed E-state index contributed by atoms with van der Waals surface area (Å²) in [5.74, 6) is 0.845. The molecule has 2 aromatic rings. The van der Waals surface area contributed by atoms with E-state index in [1.807, 2.05) is 0 Å². The molecule has 1 fully saturated rings. The van der Waals surface area contributed by atoms with E-state index in [4.69, 9.17) is 0 Å². The third-order valence-electron chi connectivity index (χ3n) is 5.26. The number of nitrogens with one attached hydrogen (secondary N) is 2. The molecule has 1 aliphatic carbocycles. The van der Waals surface area contributed by atoms with E-state index < -0.39 is 0 Å². The third-order valence-corrected chi connectivity index (χ3v) is 5.26. The van der Waals surface area contributed by atoms with Crippen LogP contribution in [0.25, 0.3) is 0 Å². The summed E-state index contributed by atoms with van der Waals surface area (Å²) >= 11 is 0. The zero-order chi connectivity index (χ0) is 19.9. The lowest BCUT2D eigenvalue weighted by Gasteiger charge is -2.29. The number of nitrogens with zero attached hydrogens (tertiary/aromatic N) is 2. The maximum Gasteiger partial charge on any atom is 0.292 e. The second-order valence-corrected chi connectivity index (χ2v) is 7.21. The number of hydrogen-bond donors (Lipinski definition) is 2. The molecule has 0 amide bonds. The second kappa shape index (κ2) is 9.16. The van der Waals surface area contributed by atoms with Crippen LogP contribution in [-0.2, 0) is 0 Å². The van der Waals surface area contributed by atoms with E-state index in [0.29, 0.717) is 36.3 Å². The van der Waals surface area contributed by atoms with Gasteiger partial charge in [-0.15, -0.1) is 0 Å². The summed E-state index contributed by atoms with van der Waals surface area (Å²) in [6.07, 6.45) is 4.24. The maximum absolute atomic E-state index is 11.1. The van der Waals surface area contributed by atoms with E-state index in [2.05, 4.69) is 10.6 Å². The van der Waals surface area contributed by atoms with Crippen molar-refractivity contribution in [3.63, 3.8) is 0 Å². The van der Waals surface area contributed by atoms with Crippen LogP contribution in [0.1, 0.15) is 25.7 Å². The number of anilines is 2. The molecule has 0 heterocycles. The first-order chi connectivity index (χ1) is 13.5. The van der Waals surface area contributed by atoms with Crippen LogP contribution in [0, 0.1) is 32.1 Å². The monoisotopic (exact) mass is 384 g/mol. The van der Waals surface area contributed by atoms with Crippen LogP contribution in [0.3, 0.4) is 0 Å². The van der Waals surface area contributed by atoms with Crippen LogP contribution in [0.15, 0.2) is 48.5 Å². The Hall–Kier alpha value is -3.16. The van der Waals surface area contributed by atoms with E-state index in [9.17, 15) is 20.2 Å². The summed E-state index contributed by atoms with van der Waals surface area (Å²) < 4.78 is 0. The Kier molecular flexibility index (Phi) is 6.41. The number of benzene rings is 2. The highest BCUT2D eigenvalue weighted by atomic mass is 16.6. The van der Waals surface area contributed by atoms with E-state index in [0.717, 1.165) is 25.7 Å². The molecule has 0 bridgehead atoms. The Balaban J connectivity index is 1.54. The molecule has 0 radical (unpaired) electrons. The normalized spacial score (nSPS) is 19.0. The van der Waals surface area contributed by atoms with Gasteiger partial charge >= 0.3 is 0 Å². The molecule has 2 atom stereocenters. The van der Waals surface area contributed by atoms with Gasteiger partial charge in [-0.2, -0.15) is 0 Å². The standard InChI is InChI=1S/C20H24N4O4/c25-23(26)19-10-3-1-8-17(19)21-13-15-6-5-7-16(12-15)14-22-18-9-2-4-11-20(18)24(27)28/h1-4,8-11,15-16,21-22H,5-7,12-14H2. The van der Waals surface area contributed by atoms with Gasteiger partial charge in [0.15, 0.2) is 0 Å². The molecule has 0 aromatic heterocycles. The first kappa shape index (κ1) is 19.6. The first-order valence-electron chi connectivity index (χ1n) is 9.49. The van der Waals surface area contributed by atoms with Crippen molar-refractivity contribution >= 4 is 22.7 Å². The Morgan fingerprint density at radius 1 is 0.786 bits per heavy atom. The molecule has 28 heavy (non-hydrogen) atoms. The SMILES string of the molecule is O=[N+]([O-])c1ccccc1NCC1CCCC(CNc2ccccc2[N+](=O)[O-])C1. The lowest BCUT2D eigenvalue weighted by atomic mass is 9.81. The fourth-order valence-corrected chi connectivity index (χ4v) is 3.85. The largest absolute Gasteiger partial charge is 0.379 e. The summed E-state index contributed by atoms with van der Waals surface area (Å²) in [7, 11) is 0. The summed E-state index contributed by atoms with van der Waals surface area (Å²) in [6, 6.07) is 13.4. The van der Waals surface area contributed by atoms with Gasteiger partial charge in [0.1, 0.15) is 11.4 Å². The number of para-hydroxylation sites is 4. The van der Waals surface area contributed by atoms with Crippen LogP contribution in [0.2, 0.25) is 0 Å². The first-order valence-corrected chi connectivity index (χ1v) is 9.49. The van der Waals surface area contributed by atoms with Crippen molar-refractivity contribution in [2.75, 3.05) is 23.7 Å². The molecule has 8 heteroatoms. The lowest BCUT2D eigenvalue weighted by molar-refractivity contribution is -0.384. The molecule has 0 saturated heterocycles. The molecule has 0 aliphatic heterocycles. The molecule has 1 saturated carbocycles. The molecule has 2 aromatic carbocycles. The Morgan fingerprint density at radius 3 is 1.64 bits per heavy atom. The topological polar surface area (TPSA) is 110 Å². The Bertz CT molecular complexity index is 775. The minimum Gasteiger partial charge on any atom is -0.379 e. The number of nitro groups is 2. The zero-order valence-corrected chi connectivity index (χ0v) is 15.5. The average Bonchev–Trinajstić information content (AvgIpc) is 2.71. The number of nitro benzene ring substituents is 2. The molecule has 148 valence electrons. The van der Waals surface area contributed by atoms with Gasteiger partial charge in [0.2, 0.25) is 0 Å². The Labute approximate surface area is 163 Å². The van der Waals surface area contributed by atoms with Crippen molar-refractivity contribution in [2.24, 2.45) is 11.8 Å². The van der Waals surface area contributed by atoms with Crippen molar-refractivity contribution in [1.29, 1.82) is 0 Å². The van der Waals surface area contributed by atoms with Crippen molar-refractivity contribution < 1.29 is 9.85 Å². The van der Waals surface area contributed by atoms with Crippen LogP contribution < -0.4 is 10.6 Å². The predicted octanol–water partition coefficient (Wildman–Crippen LogP) is 4.83. The maximum atomic E-state index is 11.1. The van der Waals surface area contributed by atoms with Gasteiger partial charge in [-0.25, -0.2) is 0 Å². The average molecular weight is 384 g/mol. The van der Waals surface area contributed by atoms with Crippen LogP contribution >= 0.6 is 0 Å². The number of hydrogen-bond acceptors (Lipinski definition) is 6. The second-order valence-electron chi connectivity index (χ2n) is 7.21. The van der Waals surface area contributed by atoms with E-state index in [1.54, 1.807) is 36.4 Å². The quantitative estimate of drug-likeness (QED) is 0.498. The third kappa shape index (κ3) is 4.97. The van der Waals surface area contributed by atoms with E-state index in [-0.39, 0.29) is 21.2 Å². The molecule has 2 unspecified atom stereocenters. The fourth-order valence-electron chi connectivity index (χ4n) is 3.85. The molecular weight excluding hydrogens is 360 g/mol. The van der Waals surface area contributed by atoms with Gasteiger partial charge in [-0.05, 0) is 43.2 Å². The Morgan fingerprint density at radius 2 is 1.21 bits per heavy atom. The highest BCUT2D eigenvalue weighted by molar-refractivity contribution is 5.61. The van der Waals surface area contributed by atoms with Gasteiger partial charge in [-0.1, -0.05) is 30.7 Å². The molecule has 0 spiro atoms. The minimum absolute atomic E-state index is 0.0907. The molecule has 3 rings (SSSR count). The van der Waals surface area contributed by atoms with Crippen LogP contribution in [-0.4, -0.2) is 22.9 Å². The zero-order valence-electron chi connectivity index (χ0n) is 15.5. The van der Waals surface area contributed by atoms with Gasteiger partial charge < -0.3 is 10.6 Å². The predicted molar refractivity (Wildman–Crippen MR) is 109 cm³/mol. The van der Waals surface area contributed by atoms with Crippen molar-refractivity contribution in [2.45, 2.75) is 25.7 Å². The molecule has 8 nitrogen and oxygen atoms in total. The smallest absolute Gasteiger partial charge is 0.292 e. The summed E-state index contributed by atoms with van der Waals surface area (Å²) in [5, 5.41) is 28.7. The summed E-state index contributed by atoms with van der Waals surface area (Å²) in [5.41, 5.74) is 1.28. The highest BCUT2D eigenvalue weighted by Crippen LogP contribution is 2.32. The van der Waals surface area contributed by atoms with Gasteiger partial charge in [0.25, 0.3) is 11.4 Å². The lowest BCUT2D eigenvalue weighted by Crippen LogP contribution is -2.26. The summed E-state index contributed by atoms with van der Waals surface area (Å²) in [4.78, 5) is 21.5. The van der Waals surface area contributed by atoms with Gasteiger partial charge in [0, 0.05) is 25.2 Å². The molecule has 1 aliphatic rings. The minimum atomic E-state index is -0.372. The highest BCUT2D eigenvalue weighted by Gasteiger charge is 2.23. The summed E-state index contributed by atoms with van der Waals surface area (Å²) in [6.45, 7) is 1.37. The molecular formula is C20H24N4O4. The van der Waals surface area contributed by atoms with Gasteiger partial charge in [0.05, 0.1) is 9.85 Å². The number of rotatable bonds is 8. The van der Waals surface area contributed by atoms with E-state index >= 15 is 0 Å². The van der Waals surface area contributed by atoms with E-state index in [1.165, 1.54) is 12.1 Å². The molecule has 2 N–H and O–H groups in total. The van der Waals surface area contributed by atoms with Crippen LogP contribution in [0.4, 0.5) is 22.7 Å². The van der Waals surface area contributed by atoms with Crippen LogP contribution in [0.5, 0.6) is 0 Å².